The number of nitrogens with zero attached hydrogens (tertiary/aromatic N) is 1. The molecule has 84 valence electrons. The van der Waals surface area contributed by atoms with Gasteiger partial charge in [-0.3, -0.25) is 4.98 Å². The number of fused-ring (bicyclic) bond motifs is 1. The van der Waals surface area contributed by atoms with Gasteiger partial charge in [0.05, 0.1) is 0 Å². The van der Waals surface area contributed by atoms with Crippen LogP contribution in [0.2, 0.25) is 0 Å². The van der Waals surface area contributed by atoms with Gasteiger partial charge in [-0.2, -0.15) is 0 Å². The lowest BCUT2D eigenvalue weighted by atomic mass is 9.80. The number of pyridine rings is 1. The Bertz CT molecular complexity index is 428. The Morgan fingerprint density at radius 1 is 1.25 bits per heavy atom. The van der Waals surface area contributed by atoms with Gasteiger partial charge in [0.1, 0.15) is 0 Å². The van der Waals surface area contributed by atoms with Gasteiger partial charge in [0.2, 0.25) is 0 Å². The maximum Gasteiger partial charge on any atom is 0.0410 e. The van der Waals surface area contributed by atoms with E-state index in [-0.39, 0.29) is 0 Å². The van der Waals surface area contributed by atoms with E-state index < -0.39 is 0 Å². The van der Waals surface area contributed by atoms with Crippen molar-refractivity contribution in [3.05, 3.63) is 34.6 Å². The Morgan fingerprint density at radius 3 is 3.00 bits per heavy atom. The predicted octanol–water partition coefficient (Wildman–Crippen LogP) is 2.86. The van der Waals surface area contributed by atoms with E-state index in [0.29, 0.717) is 0 Å². The fourth-order valence-electron chi connectivity index (χ4n) is 2.78. The first-order valence-corrected chi connectivity index (χ1v) is 6.63. The molecule has 2 atom stereocenters. The maximum atomic E-state index is 4.24. The van der Waals surface area contributed by atoms with E-state index in [1.165, 1.54) is 37.1 Å². The summed E-state index contributed by atoms with van der Waals surface area (Å²) in [5.41, 5.74) is 2.75. The molecule has 1 fully saturated rings. The molecule has 3 rings (SSSR count). The van der Waals surface area contributed by atoms with Crippen LogP contribution in [0.15, 0.2) is 29.0 Å². The minimum absolute atomic E-state index is 0.832. The first-order valence-electron chi connectivity index (χ1n) is 5.83. The summed E-state index contributed by atoms with van der Waals surface area (Å²) >= 11 is 3.48. The fourth-order valence-corrected chi connectivity index (χ4v) is 3.15. The summed E-state index contributed by atoms with van der Waals surface area (Å²) < 4.78 is 1.07. The zero-order valence-electron chi connectivity index (χ0n) is 9.12. The van der Waals surface area contributed by atoms with Crippen LogP contribution in [0.3, 0.4) is 0 Å². The van der Waals surface area contributed by atoms with Crippen molar-refractivity contribution < 1.29 is 0 Å². The third kappa shape index (κ3) is 1.94. The Labute approximate surface area is 104 Å². The van der Waals surface area contributed by atoms with Gasteiger partial charge in [0.25, 0.3) is 0 Å². The number of hydrogen-bond donors (Lipinski definition) is 1. The second-order valence-corrected chi connectivity index (χ2v) is 5.66. The van der Waals surface area contributed by atoms with Gasteiger partial charge < -0.3 is 5.32 Å². The van der Waals surface area contributed by atoms with Crippen LogP contribution in [0.5, 0.6) is 0 Å². The zero-order chi connectivity index (χ0) is 11.0. The molecule has 1 saturated heterocycles. The molecule has 2 aliphatic rings. The number of aromatic nitrogens is 1. The molecular weight excluding hydrogens is 264 g/mol. The Hall–Kier alpha value is -0.670. The highest BCUT2D eigenvalue weighted by molar-refractivity contribution is 9.10. The van der Waals surface area contributed by atoms with Gasteiger partial charge >= 0.3 is 0 Å². The molecule has 0 unspecified atom stereocenters. The largest absolute Gasteiger partial charge is 0.316 e. The van der Waals surface area contributed by atoms with Gasteiger partial charge in [0.15, 0.2) is 0 Å². The highest BCUT2D eigenvalue weighted by atomic mass is 79.9. The molecule has 2 nitrogen and oxygen atoms in total. The highest BCUT2D eigenvalue weighted by Gasteiger charge is 2.30. The van der Waals surface area contributed by atoms with E-state index in [1.54, 1.807) is 0 Å². The quantitative estimate of drug-likeness (QED) is 0.855. The highest BCUT2D eigenvalue weighted by Crippen LogP contribution is 2.36. The number of allylic oxidation sites excluding steroid dienone is 2. The van der Waals surface area contributed by atoms with E-state index in [2.05, 4.69) is 38.4 Å². The molecule has 2 heterocycles. The summed E-state index contributed by atoms with van der Waals surface area (Å²) in [4.78, 5) is 4.24. The van der Waals surface area contributed by atoms with E-state index in [4.69, 9.17) is 0 Å². The molecule has 0 radical (unpaired) electrons. The van der Waals surface area contributed by atoms with E-state index >= 15 is 0 Å². The molecule has 16 heavy (non-hydrogen) atoms. The molecule has 1 aromatic heterocycles. The van der Waals surface area contributed by atoms with Gasteiger partial charge in [-0.15, -0.1) is 0 Å². The van der Waals surface area contributed by atoms with Gasteiger partial charge in [0, 0.05) is 16.9 Å². The smallest absolute Gasteiger partial charge is 0.0410 e. The molecule has 1 N–H and O–H groups in total. The molecule has 3 heteroatoms. The molecule has 0 saturated carbocycles. The lowest BCUT2D eigenvalue weighted by Gasteiger charge is -2.24. The lowest BCUT2D eigenvalue weighted by molar-refractivity contribution is 0.418. The van der Waals surface area contributed by atoms with Crippen molar-refractivity contribution in [2.24, 2.45) is 11.8 Å². The molecule has 0 aromatic carbocycles. The number of halogens is 1. The fraction of sp³-hybridized carbons (Fsp3) is 0.462. The van der Waals surface area contributed by atoms with E-state index in [1.807, 2.05) is 12.4 Å². The summed E-state index contributed by atoms with van der Waals surface area (Å²) in [6.45, 7) is 2.38. The Kier molecular flexibility index (Phi) is 2.82. The third-order valence-corrected chi connectivity index (χ3v) is 4.14. The summed E-state index contributed by atoms with van der Waals surface area (Å²) in [6.07, 6.45) is 8.64. The molecule has 0 bridgehead atoms. The minimum atomic E-state index is 0.832. The number of rotatable bonds is 1. The normalized spacial score (nSPS) is 28.7. The summed E-state index contributed by atoms with van der Waals surface area (Å²) in [5.74, 6) is 1.70. The third-order valence-electron chi connectivity index (χ3n) is 3.70. The molecule has 1 aliphatic carbocycles. The van der Waals surface area contributed by atoms with Crippen LogP contribution in [-0.4, -0.2) is 18.1 Å². The second-order valence-electron chi connectivity index (χ2n) is 4.74. The zero-order valence-corrected chi connectivity index (χ0v) is 10.7. The standard InChI is InChI=1S/C13H15BrN2/c14-13-4-12(7-16-8-13)9-1-2-10-5-15-6-11(10)3-9/h1,4,7-8,10-11,15H,2-3,5-6H2/t10-,11+/m1/s1. The second kappa shape index (κ2) is 4.30. The van der Waals surface area contributed by atoms with E-state index in [0.717, 1.165) is 16.3 Å². The van der Waals surface area contributed by atoms with Crippen LogP contribution >= 0.6 is 15.9 Å². The van der Waals surface area contributed by atoms with Gasteiger partial charge in [-0.1, -0.05) is 6.08 Å². The summed E-state index contributed by atoms with van der Waals surface area (Å²) in [7, 11) is 0. The average Bonchev–Trinajstić information content (AvgIpc) is 2.75. The number of hydrogen-bond acceptors (Lipinski definition) is 2. The van der Waals surface area contributed by atoms with Crippen molar-refractivity contribution in [2.45, 2.75) is 12.8 Å². The van der Waals surface area contributed by atoms with Crippen LogP contribution < -0.4 is 5.32 Å². The molecule has 1 aliphatic heterocycles. The molecule has 1 aromatic rings. The molecule has 0 spiro atoms. The van der Waals surface area contributed by atoms with Crippen LogP contribution in [-0.2, 0) is 0 Å². The van der Waals surface area contributed by atoms with Gasteiger partial charge in [-0.25, -0.2) is 0 Å². The Morgan fingerprint density at radius 2 is 2.12 bits per heavy atom. The van der Waals surface area contributed by atoms with Crippen LogP contribution in [0.25, 0.3) is 5.57 Å². The van der Waals surface area contributed by atoms with Crippen molar-refractivity contribution in [3.63, 3.8) is 0 Å². The first kappa shape index (κ1) is 10.5. The SMILES string of the molecule is Brc1cncc(C2=CC[C@@H]3CNC[C@@H]3C2)c1. The van der Waals surface area contributed by atoms with Crippen LogP contribution in [0.4, 0.5) is 0 Å². The van der Waals surface area contributed by atoms with Crippen molar-refractivity contribution >= 4 is 21.5 Å². The van der Waals surface area contributed by atoms with Crippen molar-refractivity contribution in [1.82, 2.24) is 10.3 Å². The molecule has 0 amide bonds. The van der Waals surface area contributed by atoms with Crippen LogP contribution in [0.1, 0.15) is 18.4 Å². The van der Waals surface area contributed by atoms with Gasteiger partial charge in [-0.05, 0) is 70.9 Å². The topological polar surface area (TPSA) is 24.9 Å². The summed E-state index contributed by atoms with van der Waals surface area (Å²) in [5, 5.41) is 3.49. The van der Waals surface area contributed by atoms with Crippen LogP contribution in [0, 0.1) is 11.8 Å². The van der Waals surface area contributed by atoms with Crippen molar-refractivity contribution in [3.8, 4) is 0 Å². The number of nitrogens with one attached hydrogen (secondary N) is 1. The van der Waals surface area contributed by atoms with Crippen molar-refractivity contribution in [2.75, 3.05) is 13.1 Å². The summed E-state index contributed by atoms with van der Waals surface area (Å²) in [6, 6.07) is 2.17. The molecular formula is C13H15BrN2. The first-order chi connectivity index (χ1) is 7.83. The predicted molar refractivity (Wildman–Crippen MR) is 69.0 cm³/mol. The van der Waals surface area contributed by atoms with E-state index in [9.17, 15) is 0 Å². The minimum Gasteiger partial charge on any atom is -0.316 e. The maximum absolute atomic E-state index is 4.24. The lowest BCUT2D eigenvalue weighted by Crippen LogP contribution is -2.16. The van der Waals surface area contributed by atoms with Crippen molar-refractivity contribution in [1.29, 1.82) is 0 Å². The monoisotopic (exact) mass is 278 g/mol. The average molecular weight is 279 g/mol. The Balaban J connectivity index is 1.85.